The minimum Gasteiger partial charge on any atom is -0.465 e. The highest BCUT2D eigenvalue weighted by atomic mass is 32.2. The molecule has 0 fully saturated rings. The molecule has 0 aliphatic rings. The molecule has 0 aliphatic carbocycles. The van der Waals surface area contributed by atoms with Gasteiger partial charge in [-0.2, -0.15) is 5.10 Å². The molecule has 2 N–H and O–H groups in total. The Morgan fingerprint density at radius 2 is 1.82 bits per heavy atom. The van der Waals surface area contributed by atoms with Crippen molar-refractivity contribution in [3.8, 4) is 5.69 Å². The van der Waals surface area contributed by atoms with Crippen LogP contribution in [-0.4, -0.2) is 35.9 Å². The number of sulfone groups is 1. The molecule has 2 aromatic carbocycles. The maximum Gasteiger partial charge on any atom is 0.404 e. The Balaban J connectivity index is 2.13. The summed E-state index contributed by atoms with van der Waals surface area (Å²) < 4.78 is 54.9. The summed E-state index contributed by atoms with van der Waals surface area (Å²) in [5.41, 5.74) is -0.168. The van der Waals surface area contributed by atoms with Gasteiger partial charge in [0.1, 0.15) is 5.69 Å². The van der Waals surface area contributed by atoms with Crippen LogP contribution in [-0.2, 0) is 16.3 Å². The van der Waals surface area contributed by atoms with Crippen molar-refractivity contribution < 1.29 is 27.1 Å². The predicted octanol–water partition coefficient (Wildman–Crippen LogP) is 2.79. The van der Waals surface area contributed by atoms with Crippen LogP contribution < -0.4 is 5.32 Å². The van der Waals surface area contributed by atoms with Gasteiger partial charge in [-0.05, 0) is 30.3 Å². The number of amides is 1. The van der Waals surface area contributed by atoms with E-state index in [9.17, 15) is 22.0 Å². The maximum absolute atomic E-state index is 14.3. The third-order valence-corrected chi connectivity index (χ3v) is 5.61. The molecule has 1 amide bonds. The Labute approximate surface area is 159 Å². The van der Waals surface area contributed by atoms with E-state index >= 15 is 0 Å². The lowest BCUT2D eigenvalue weighted by Gasteiger charge is -2.09. The molecular formula is C18H15F2N3O4S. The lowest BCUT2D eigenvalue weighted by atomic mass is 10.3. The number of nitrogens with one attached hydrogen (secondary N) is 1. The Morgan fingerprint density at radius 3 is 2.50 bits per heavy atom. The number of nitrogens with zero attached hydrogens (tertiary/aromatic N) is 2. The van der Waals surface area contributed by atoms with Gasteiger partial charge in [-0.15, -0.1) is 0 Å². The van der Waals surface area contributed by atoms with E-state index in [1.54, 1.807) is 6.07 Å². The Morgan fingerprint density at radius 1 is 1.11 bits per heavy atom. The Kier molecular flexibility index (Phi) is 5.41. The number of aromatic nitrogens is 2. The molecule has 1 aromatic heterocycles. The van der Waals surface area contributed by atoms with Crippen molar-refractivity contribution >= 4 is 15.9 Å². The summed E-state index contributed by atoms with van der Waals surface area (Å²) in [4.78, 5) is 10.5. The minimum atomic E-state index is -4.09. The number of carboxylic acid groups (broad SMARTS) is 1. The molecule has 28 heavy (non-hydrogen) atoms. The molecule has 0 saturated carbocycles. The van der Waals surface area contributed by atoms with Gasteiger partial charge in [0.05, 0.1) is 10.6 Å². The summed E-state index contributed by atoms with van der Waals surface area (Å²) in [6.07, 6.45) is -1.18. The largest absolute Gasteiger partial charge is 0.465 e. The summed E-state index contributed by atoms with van der Waals surface area (Å²) in [6.45, 7) is -0.0250. The zero-order chi connectivity index (χ0) is 20.3. The average Bonchev–Trinajstić information content (AvgIpc) is 3.09. The van der Waals surface area contributed by atoms with Crippen molar-refractivity contribution in [2.45, 2.75) is 16.3 Å². The number of hydrogen-bond donors (Lipinski definition) is 2. The molecule has 3 rings (SSSR count). The van der Waals surface area contributed by atoms with Gasteiger partial charge in [0, 0.05) is 13.0 Å². The van der Waals surface area contributed by atoms with Crippen LogP contribution in [0.4, 0.5) is 13.6 Å². The highest BCUT2D eigenvalue weighted by Gasteiger charge is 2.26. The van der Waals surface area contributed by atoms with Crippen LogP contribution in [0, 0.1) is 11.6 Å². The molecule has 7 nitrogen and oxygen atoms in total. The van der Waals surface area contributed by atoms with E-state index in [4.69, 9.17) is 5.11 Å². The van der Waals surface area contributed by atoms with Crippen LogP contribution in [0.15, 0.2) is 64.5 Å². The predicted molar refractivity (Wildman–Crippen MR) is 95.1 cm³/mol. The molecule has 10 heteroatoms. The second-order valence-electron chi connectivity index (χ2n) is 5.76. The summed E-state index contributed by atoms with van der Waals surface area (Å²) in [6, 6.07) is 12.0. The molecule has 0 radical (unpaired) electrons. The average molecular weight is 407 g/mol. The van der Waals surface area contributed by atoms with E-state index in [-0.39, 0.29) is 34.3 Å². The first-order valence-corrected chi connectivity index (χ1v) is 9.59. The van der Waals surface area contributed by atoms with Crippen LogP contribution in [0.5, 0.6) is 0 Å². The first-order chi connectivity index (χ1) is 13.3. The van der Waals surface area contributed by atoms with Crippen LogP contribution in [0.1, 0.15) is 5.69 Å². The zero-order valence-electron chi connectivity index (χ0n) is 14.3. The molecule has 0 aliphatic heterocycles. The lowest BCUT2D eigenvalue weighted by Crippen LogP contribution is -2.23. The van der Waals surface area contributed by atoms with Crippen molar-refractivity contribution in [1.82, 2.24) is 15.1 Å². The molecular weight excluding hydrogens is 392 g/mol. The van der Waals surface area contributed by atoms with Gasteiger partial charge in [-0.25, -0.2) is 26.7 Å². The van der Waals surface area contributed by atoms with Crippen molar-refractivity contribution in [3.05, 3.63) is 71.9 Å². The standard InChI is InChI=1S/C18H15F2N3O4S/c19-14-7-4-8-15(17(14)20)23-16(11-12(22-23)9-10-21-18(24)25)28(26,27)13-5-2-1-3-6-13/h1-8,11,21H,9-10H2,(H,24,25). The molecule has 0 bridgehead atoms. The molecule has 146 valence electrons. The van der Waals surface area contributed by atoms with E-state index in [1.165, 1.54) is 42.5 Å². The summed E-state index contributed by atoms with van der Waals surface area (Å²) >= 11 is 0. The van der Waals surface area contributed by atoms with Crippen molar-refractivity contribution in [2.75, 3.05) is 6.54 Å². The highest BCUT2D eigenvalue weighted by Crippen LogP contribution is 2.26. The first-order valence-electron chi connectivity index (χ1n) is 8.11. The molecule has 3 aromatic rings. The van der Waals surface area contributed by atoms with Crippen LogP contribution >= 0.6 is 0 Å². The maximum atomic E-state index is 14.3. The first kappa shape index (κ1) is 19.5. The summed E-state index contributed by atoms with van der Waals surface area (Å²) in [5.74, 6) is -2.39. The van der Waals surface area contributed by atoms with E-state index < -0.39 is 27.6 Å². The summed E-state index contributed by atoms with van der Waals surface area (Å²) in [7, 11) is -4.09. The third kappa shape index (κ3) is 3.86. The molecule has 0 atom stereocenters. The number of rotatable bonds is 6. The normalized spacial score (nSPS) is 11.4. The quantitative estimate of drug-likeness (QED) is 0.654. The fraction of sp³-hybridized carbons (Fsp3) is 0.111. The number of benzene rings is 2. The van der Waals surface area contributed by atoms with Crippen molar-refractivity contribution in [1.29, 1.82) is 0 Å². The molecule has 0 unspecified atom stereocenters. The topological polar surface area (TPSA) is 101 Å². The summed E-state index contributed by atoms with van der Waals surface area (Å²) in [5, 5.41) is 14.5. The SMILES string of the molecule is O=C(O)NCCc1cc(S(=O)(=O)c2ccccc2)n(-c2cccc(F)c2F)n1. The van der Waals surface area contributed by atoms with Crippen LogP contribution in [0.25, 0.3) is 5.69 Å². The van der Waals surface area contributed by atoms with Gasteiger partial charge < -0.3 is 10.4 Å². The Hall–Kier alpha value is -3.27. The number of carbonyl (C=O) groups is 1. The van der Waals surface area contributed by atoms with Gasteiger partial charge in [0.2, 0.25) is 9.84 Å². The number of halogens is 2. The Bertz CT molecular complexity index is 1120. The van der Waals surface area contributed by atoms with E-state index in [1.807, 2.05) is 0 Å². The van der Waals surface area contributed by atoms with E-state index in [2.05, 4.69) is 10.4 Å². The monoisotopic (exact) mass is 407 g/mol. The molecule has 0 saturated heterocycles. The third-order valence-electron chi connectivity index (χ3n) is 3.87. The molecule has 1 heterocycles. The van der Waals surface area contributed by atoms with Crippen molar-refractivity contribution in [3.63, 3.8) is 0 Å². The fourth-order valence-corrected chi connectivity index (χ4v) is 3.99. The lowest BCUT2D eigenvalue weighted by molar-refractivity contribution is 0.194. The van der Waals surface area contributed by atoms with Gasteiger partial charge in [-0.1, -0.05) is 24.3 Å². The minimum absolute atomic E-state index is 0.0250. The second kappa shape index (κ2) is 7.77. The van der Waals surface area contributed by atoms with Crippen LogP contribution in [0.2, 0.25) is 0 Å². The smallest absolute Gasteiger partial charge is 0.404 e. The molecule has 0 spiro atoms. The zero-order valence-corrected chi connectivity index (χ0v) is 15.2. The van der Waals surface area contributed by atoms with Gasteiger partial charge in [0.15, 0.2) is 16.7 Å². The van der Waals surface area contributed by atoms with E-state index in [0.29, 0.717) is 0 Å². The van der Waals surface area contributed by atoms with Gasteiger partial charge >= 0.3 is 6.09 Å². The van der Waals surface area contributed by atoms with E-state index in [0.717, 1.165) is 10.7 Å². The second-order valence-corrected chi connectivity index (χ2v) is 7.65. The van der Waals surface area contributed by atoms with Crippen LogP contribution in [0.3, 0.4) is 0 Å². The van der Waals surface area contributed by atoms with Crippen molar-refractivity contribution in [2.24, 2.45) is 0 Å². The highest BCUT2D eigenvalue weighted by molar-refractivity contribution is 7.91. The fourth-order valence-electron chi connectivity index (χ4n) is 2.57. The van der Waals surface area contributed by atoms with Gasteiger partial charge in [-0.3, -0.25) is 0 Å². The van der Waals surface area contributed by atoms with Gasteiger partial charge in [0.25, 0.3) is 0 Å². The number of hydrogen-bond acceptors (Lipinski definition) is 4.